The monoisotopic (exact) mass is 319 g/mol. The smallest absolute Gasteiger partial charge is 0.433 e. The van der Waals surface area contributed by atoms with E-state index in [0.717, 1.165) is 19.2 Å². The highest BCUT2D eigenvalue weighted by atomic mass is 19.4. The third kappa shape index (κ3) is 3.07. The number of rotatable bonds is 3. The molecule has 0 fully saturated rings. The summed E-state index contributed by atoms with van der Waals surface area (Å²) in [6.07, 6.45) is -7.04. The largest absolute Gasteiger partial charge is 0.481 e. The second-order valence-corrected chi connectivity index (χ2v) is 4.26. The van der Waals surface area contributed by atoms with Crippen LogP contribution in [0, 0.1) is 5.82 Å². The zero-order chi connectivity index (χ0) is 16.5. The first-order valence-electron chi connectivity index (χ1n) is 5.92. The molecule has 1 aromatic carbocycles. The predicted molar refractivity (Wildman–Crippen MR) is 67.3 cm³/mol. The number of benzene rings is 1. The summed E-state index contributed by atoms with van der Waals surface area (Å²) in [5.74, 6) is -2.17. The molecule has 1 unspecified atom stereocenters. The predicted octanol–water partition coefficient (Wildman–Crippen LogP) is 3.28. The van der Waals surface area contributed by atoms with E-state index >= 15 is 0 Å². The summed E-state index contributed by atoms with van der Waals surface area (Å²) in [7, 11) is 1.08. The van der Waals surface area contributed by atoms with Crippen LogP contribution in [-0.2, 0) is 6.18 Å². The van der Waals surface area contributed by atoms with E-state index in [0.29, 0.717) is 6.07 Å². The van der Waals surface area contributed by atoms with Gasteiger partial charge in [0, 0.05) is 11.6 Å². The summed E-state index contributed by atoms with van der Waals surface area (Å²) >= 11 is 0. The molecule has 2 rings (SSSR count). The van der Waals surface area contributed by atoms with E-state index in [9.17, 15) is 22.0 Å². The first-order valence-corrected chi connectivity index (χ1v) is 5.92. The summed E-state index contributed by atoms with van der Waals surface area (Å²) < 4.78 is 70.6. The SMILES string of the molecule is COc1cc(C(F)(F)F)nc(C(F)c2cccc(F)c2N)n1. The minimum Gasteiger partial charge on any atom is -0.481 e. The number of para-hydroxylation sites is 1. The topological polar surface area (TPSA) is 61.0 Å². The van der Waals surface area contributed by atoms with Crippen molar-refractivity contribution in [3.63, 3.8) is 0 Å². The van der Waals surface area contributed by atoms with Crippen LogP contribution in [0.2, 0.25) is 0 Å². The van der Waals surface area contributed by atoms with Crippen molar-refractivity contribution in [3.05, 3.63) is 47.2 Å². The van der Waals surface area contributed by atoms with E-state index in [2.05, 4.69) is 14.7 Å². The maximum Gasteiger partial charge on any atom is 0.433 e. The van der Waals surface area contributed by atoms with E-state index in [1.165, 1.54) is 6.07 Å². The molecule has 0 aliphatic heterocycles. The first-order chi connectivity index (χ1) is 10.2. The van der Waals surface area contributed by atoms with Gasteiger partial charge in [-0.1, -0.05) is 12.1 Å². The van der Waals surface area contributed by atoms with Crippen LogP contribution in [-0.4, -0.2) is 17.1 Å². The van der Waals surface area contributed by atoms with Crippen LogP contribution in [0.25, 0.3) is 0 Å². The van der Waals surface area contributed by atoms with Crippen molar-refractivity contribution in [1.29, 1.82) is 0 Å². The highest BCUT2D eigenvalue weighted by Crippen LogP contribution is 2.34. The van der Waals surface area contributed by atoms with Crippen LogP contribution in [0.1, 0.15) is 23.3 Å². The van der Waals surface area contributed by atoms with Crippen LogP contribution < -0.4 is 10.5 Å². The lowest BCUT2D eigenvalue weighted by molar-refractivity contribution is -0.141. The van der Waals surface area contributed by atoms with Crippen molar-refractivity contribution < 1.29 is 26.7 Å². The van der Waals surface area contributed by atoms with Crippen molar-refractivity contribution in [1.82, 2.24) is 9.97 Å². The van der Waals surface area contributed by atoms with E-state index < -0.39 is 41.3 Å². The summed E-state index contributed by atoms with van der Waals surface area (Å²) in [5.41, 5.74) is 3.14. The number of halogens is 5. The molecule has 0 aliphatic rings. The summed E-state index contributed by atoms with van der Waals surface area (Å²) in [6, 6.07) is 3.85. The van der Waals surface area contributed by atoms with E-state index in [-0.39, 0.29) is 5.56 Å². The number of nitrogens with two attached hydrogens (primary N) is 1. The minimum atomic E-state index is -4.81. The van der Waals surface area contributed by atoms with Crippen LogP contribution in [0.4, 0.5) is 27.6 Å². The van der Waals surface area contributed by atoms with Crippen molar-refractivity contribution in [2.45, 2.75) is 12.3 Å². The fourth-order valence-corrected chi connectivity index (χ4v) is 1.72. The van der Waals surface area contributed by atoms with Gasteiger partial charge in [0.05, 0.1) is 12.8 Å². The molecule has 1 heterocycles. The molecule has 0 spiro atoms. The van der Waals surface area contributed by atoms with Crippen molar-refractivity contribution in [2.75, 3.05) is 12.8 Å². The Labute approximate surface area is 121 Å². The van der Waals surface area contributed by atoms with Gasteiger partial charge in [-0.3, -0.25) is 0 Å². The molecule has 0 bridgehead atoms. The molecule has 118 valence electrons. The minimum absolute atomic E-state index is 0.360. The van der Waals surface area contributed by atoms with Crippen molar-refractivity contribution >= 4 is 5.69 Å². The molecule has 4 nitrogen and oxygen atoms in total. The lowest BCUT2D eigenvalue weighted by Gasteiger charge is -2.14. The Morgan fingerprint density at radius 2 is 1.91 bits per heavy atom. The number of ether oxygens (including phenoxy) is 1. The van der Waals surface area contributed by atoms with Crippen LogP contribution in [0.3, 0.4) is 0 Å². The molecule has 0 amide bonds. The third-order valence-corrected chi connectivity index (χ3v) is 2.81. The van der Waals surface area contributed by atoms with Crippen molar-refractivity contribution in [2.24, 2.45) is 0 Å². The zero-order valence-corrected chi connectivity index (χ0v) is 11.2. The van der Waals surface area contributed by atoms with E-state index in [1.807, 2.05) is 0 Å². The normalized spacial score (nSPS) is 13.0. The molecule has 2 N–H and O–H groups in total. The average Bonchev–Trinajstić information content (AvgIpc) is 2.48. The molecule has 9 heteroatoms. The summed E-state index contributed by atoms with van der Waals surface area (Å²) in [6.45, 7) is 0. The third-order valence-electron chi connectivity index (χ3n) is 2.81. The molecular weight excluding hydrogens is 309 g/mol. The van der Waals surface area contributed by atoms with Crippen LogP contribution in [0.5, 0.6) is 5.88 Å². The van der Waals surface area contributed by atoms with Crippen LogP contribution in [0.15, 0.2) is 24.3 Å². The van der Waals surface area contributed by atoms with Gasteiger partial charge in [0.25, 0.3) is 0 Å². The maximum absolute atomic E-state index is 14.4. The molecule has 0 aliphatic carbocycles. The summed E-state index contributed by atoms with van der Waals surface area (Å²) in [4.78, 5) is 6.66. The highest BCUT2D eigenvalue weighted by molar-refractivity contribution is 5.50. The number of anilines is 1. The Kier molecular flexibility index (Phi) is 4.16. The van der Waals surface area contributed by atoms with Gasteiger partial charge in [0.15, 0.2) is 17.7 Å². The van der Waals surface area contributed by atoms with Crippen molar-refractivity contribution in [3.8, 4) is 5.88 Å². The number of methoxy groups -OCH3 is 1. The average molecular weight is 319 g/mol. The number of nitrogens with zero attached hydrogens (tertiary/aromatic N) is 2. The second-order valence-electron chi connectivity index (χ2n) is 4.26. The fraction of sp³-hybridized carbons (Fsp3) is 0.231. The van der Waals surface area contributed by atoms with Gasteiger partial charge in [-0.15, -0.1) is 0 Å². The Morgan fingerprint density at radius 3 is 2.50 bits per heavy atom. The number of hydrogen-bond donors (Lipinski definition) is 1. The van der Waals surface area contributed by atoms with Gasteiger partial charge in [-0.2, -0.15) is 18.2 Å². The molecule has 0 radical (unpaired) electrons. The second kappa shape index (κ2) is 5.74. The summed E-state index contributed by atoms with van der Waals surface area (Å²) in [5, 5.41) is 0. The number of nitrogen functional groups attached to an aromatic ring is 1. The van der Waals surface area contributed by atoms with Gasteiger partial charge in [-0.25, -0.2) is 13.8 Å². The van der Waals surface area contributed by atoms with Crippen LogP contribution >= 0.6 is 0 Å². The Hall–Kier alpha value is -2.45. The fourth-order valence-electron chi connectivity index (χ4n) is 1.72. The molecular formula is C13H10F5N3O. The molecule has 0 saturated heterocycles. The number of alkyl halides is 4. The molecule has 0 saturated carbocycles. The Balaban J connectivity index is 2.53. The molecule has 2 aromatic rings. The van der Waals surface area contributed by atoms with Gasteiger partial charge in [-0.05, 0) is 6.07 Å². The quantitative estimate of drug-likeness (QED) is 0.697. The standard InChI is InChI=1S/C13H10F5N3O/c1-22-9-5-8(13(16,17)18)20-12(21-9)10(15)6-3-2-4-7(14)11(6)19/h2-5,10H,19H2,1H3. The van der Waals surface area contributed by atoms with E-state index in [4.69, 9.17) is 5.73 Å². The number of aromatic nitrogens is 2. The molecule has 22 heavy (non-hydrogen) atoms. The Morgan fingerprint density at radius 1 is 1.23 bits per heavy atom. The maximum atomic E-state index is 14.4. The lowest BCUT2D eigenvalue weighted by Crippen LogP contribution is -2.14. The first kappa shape index (κ1) is 15.9. The van der Waals surface area contributed by atoms with Gasteiger partial charge >= 0.3 is 6.18 Å². The molecule has 1 atom stereocenters. The van der Waals surface area contributed by atoms with Gasteiger partial charge in [0.2, 0.25) is 5.88 Å². The van der Waals surface area contributed by atoms with Gasteiger partial charge < -0.3 is 10.5 Å². The van der Waals surface area contributed by atoms with Gasteiger partial charge in [0.1, 0.15) is 5.82 Å². The molecule has 1 aromatic heterocycles. The van der Waals surface area contributed by atoms with E-state index in [1.54, 1.807) is 0 Å². The lowest BCUT2D eigenvalue weighted by atomic mass is 10.1. The number of hydrogen-bond acceptors (Lipinski definition) is 4. The zero-order valence-electron chi connectivity index (χ0n) is 11.2. The highest BCUT2D eigenvalue weighted by Gasteiger charge is 2.35. The Bertz CT molecular complexity index is 690.